The summed E-state index contributed by atoms with van der Waals surface area (Å²) in [4.78, 5) is 35.9. The predicted octanol–water partition coefficient (Wildman–Crippen LogP) is 3.31. The van der Waals surface area contributed by atoms with Crippen molar-refractivity contribution in [3.05, 3.63) is 65.2 Å². The van der Waals surface area contributed by atoms with Crippen molar-refractivity contribution < 1.29 is 19.1 Å². The maximum atomic E-state index is 12.2. The lowest BCUT2D eigenvalue weighted by atomic mass is 10.1. The Hall–Kier alpha value is -2.95. The van der Waals surface area contributed by atoms with Gasteiger partial charge in [-0.05, 0) is 44.0 Å². The summed E-state index contributed by atoms with van der Waals surface area (Å²) in [6.07, 6.45) is -0.856. The molecule has 0 saturated carbocycles. The average molecular weight is 339 g/mol. The molecule has 0 aliphatic rings. The third-order valence-corrected chi connectivity index (χ3v) is 3.84. The Balaban J connectivity index is 1.98. The fourth-order valence-electron chi connectivity index (χ4n) is 2.39. The van der Waals surface area contributed by atoms with Crippen molar-refractivity contribution >= 4 is 23.3 Å². The summed E-state index contributed by atoms with van der Waals surface area (Å²) >= 11 is 0. The van der Waals surface area contributed by atoms with Crippen molar-refractivity contribution in [2.75, 3.05) is 5.32 Å². The Morgan fingerprint density at radius 2 is 1.68 bits per heavy atom. The normalized spacial score (nSPS) is 11.5. The Morgan fingerprint density at radius 1 is 1.04 bits per heavy atom. The fourth-order valence-corrected chi connectivity index (χ4v) is 2.39. The highest BCUT2D eigenvalue weighted by molar-refractivity contribution is 6.04. The van der Waals surface area contributed by atoms with Crippen molar-refractivity contribution in [1.82, 2.24) is 0 Å². The number of ether oxygens (including phenoxy) is 1. The van der Waals surface area contributed by atoms with Crippen LogP contribution in [0.25, 0.3) is 0 Å². The highest BCUT2D eigenvalue weighted by Gasteiger charge is 2.20. The molecule has 0 unspecified atom stereocenters. The van der Waals surface area contributed by atoms with E-state index in [1.165, 1.54) is 13.8 Å². The summed E-state index contributed by atoms with van der Waals surface area (Å²) in [5, 5.41) is 2.64. The van der Waals surface area contributed by atoms with Crippen LogP contribution in [0.1, 0.15) is 35.3 Å². The van der Waals surface area contributed by atoms with Crippen LogP contribution in [-0.4, -0.2) is 23.8 Å². The molecule has 0 radical (unpaired) electrons. The monoisotopic (exact) mass is 339 g/mol. The number of esters is 1. The van der Waals surface area contributed by atoms with Crippen LogP contribution >= 0.6 is 0 Å². The molecule has 130 valence electrons. The SMILES string of the molecule is CC(=O)c1ccccc1NC(=O)[C@@H](C)OC(=O)Cc1ccccc1C. The predicted molar refractivity (Wildman–Crippen MR) is 95.5 cm³/mol. The maximum absolute atomic E-state index is 12.2. The van der Waals surface area contributed by atoms with Crippen LogP contribution < -0.4 is 5.32 Å². The molecule has 1 amide bonds. The van der Waals surface area contributed by atoms with Crippen LogP contribution in [0.15, 0.2) is 48.5 Å². The molecule has 1 atom stereocenters. The minimum Gasteiger partial charge on any atom is -0.452 e. The Morgan fingerprint density at radius 3 is 2.36 bits per heavy atom. The average Bonchev–Trinajstić information content (AvgIpc) is 2.57. The first-order chi connectivity index (χ1) is 11.9. The molecule has 1 N–H and O–H groups in total. The molecule has 2 rings (SSSR count). The van der Waals surface area contributed by atoms with Gasteiger partial charge in [0.15, 0.2) is 11.9 Å². The van der Waals surface area contributed by atoms with E-state index in [-0.39, 0.29) is 12.2 Å². The van der Waals surface area contributed by atoms with Crippen LogP contribution in [0.3, 0.4) is 0 Å². The Kier molecular flexibility index (Phi) is 6.06. The fraction of sp³-hybridized carbons (Fsp3) is 0.250. The molecule has 0 spiro atoms. The molecule has 25 heavy (non-hydrogen) atoms. The van der Waals surface area contributed by atoms with Gasteiger partial charge in [-0.15, -0.1) is 0 Å². The minimum absolute atomic E-state index is 0.105. The van der Waals surface area contributed by atoms with Gasteiger partial charge in [0.2, 0.25) is 0 Å². The number of hydrogen-bond donors (Lipinski definition) is 1. The second kappa shape index (κ2) is 8.24. The number of para-hydroxylation sites is 1. The van der Waals surface area contributed by atoms with Crippen LogP contribution in [0.4, 0.5) is 5.69 Å². The number of carbonyl (C=O) groups is 3. The summed E-state index contributed by atoms with van der Waals surface area (Å²) in [7, 11) is 0. The second-order valence-corrected chi connectivity index (χ2v) is 5.83. The third kappa shape index (κ3) is 5.01. The zero-order valence-corrected chi connectivity index (χ0v) is 14.5. The molecule has 0 aromatic heterocycles. The van der Waals surface area contributed by atoms with E-state index in [9.17, 15) is 14.4 Å². The van der Waals surface area contributed by atoms with Gasteiger partial charge >= 0.3 is 5.97 Å². The smallest absolute Gasteiger partial charge is 0.311 e. The van der Waals surface area contributed by atoms with Gasteiger partial charge in [-0.1, -0.05) is 36.4 Å². The van der Waals surface area contributed by atoms with Crippen molar-refractivity contribution in [2.45, 2.75) is 33.3 Å². The van der Waals surface area contributed by atoms with Crippen LogP contribution in [0.5, 0.6) is 0 Å². The van der Waals surface area contributed by atoms with E-state index in [0.29, 0.717) is 11.3 Å². The first-order valence-corrected chi connectivity index (χ1v) is 8.03. The van der Waals surface area contributed by atoms with E-state index < -0.39 is 18.0 Å². The third-order valence-electron chi connectivity index (χ3n) is 3.84. The first-order valence-electron chi connectivity index (χ1n) is 8.03. The number of amides is 1. The molecule has 0 fully saturated rings. The van der Waals surface area contributed by atoms with Crippen LogP contribution in [0.2, 0.25) is 0 Å². The topological polar surface area (TPSA) is 72.5 Å². The molecule has 0 saturated heterocycles. The molecule has 0 aliphatic carbocycles. The lowest BCUT2D eigenvalue weighted by molar-refractivity contribution is -0.152. The zero-order valence-electron chi connectivity index (χ0n) is 14.5. The number of hydrogen-bond acceptors (Lipinski definition) is 4. The molecule has 2 aromatic rings. The minimum atomic E-state index is -0.962. The number of rotatable bonds is 6. The number of benzene rings is 2. The van der Waals surface area contributed by atoms with Gasteiger partial charge in [0, 0.05) is 5.56 Å². The van der Waals surface area contributed by atoms with Crippen LogP contribution in [-0.2, 0) is 20.7 Å². The van der Waals surface area contributed by atoms with E-state index in [1.807, 2.05) is 31.2 Å². The highest BCUT2D eigenvalue weighted by Crippen LogP contribution is 2.16. The molecule has 2 aromatic carbocycles. The number of carbonyl (C=O) groups excluding carboxylic acids is 3. The molecule has 5 nitrogen and oxygen atoms in total. The number of Topliss-reactive ketones (excluding diaryl/α,β-unsaturated/α-hetero) is 1. The van der Waals surface area contributed by atoms with E-state index in [2.05, 4.69) is 5.32 Å². The van der Waals surface area contributed by atoms with Crippen LogP contribution in [0, 0.1) is 6.92 Å². The number of ketones is 1. The number of nitrogens with one attached hydrogen (secondary N) is 1. The van der Waals surface area contributed by atoms with Gasteiger partial charge in [-0.25, -0.2) is 0 Å². The largest absolute Gasteiger partial charge is 0.452 e. The highest BCUT2D eigenvalue weighted by atomic mass is 16.5. The Bertz CT molecular complexity index is 798. The molecule has 5 heteroatoms. The lowest BCUT2D eigenvalue weighted by Gasteiger charge is -2.15. The van der Waals surface area contributed by atoms with E-state index in [4.69, 9.17) is 4.74 Å². The Labute approximate surface area is 147 Å². The molecule has 0 bridgehead atoms. The molecular weight excluding hydrogens is 318 g/mol. The first kappa shape index (κ1) is 18.4. The maximum Gasteiger partial charge on any atom is 0.311 e. The molecule has 0 heterocycles. The lowest BCUT2D eigenvalue weighted by Crippen LogP contribution is -2.31. The molecule has 0 aliphatic heterocycles. The van der Waals surface area contributed by atoms with Crippen molar-refractivity contribution in [2.24, 2.45) is 0 Å². The van der Waals surface area contributed by atoms with Gasteiger partial charge in [0.1, 0.15) is 0 Å². The standard InChI is InChI=1S/C20H21NO4/c1-13-8-4-5-9-16(13)12-19(23)25-15(3)20(24)21-18-11-7-6-10-17(18)14(2)22/h4-11,15H,12H2,1-3H3,(H,21,24)/t15-/m1/s1. The van der Waals surface area contributed by atoms with Gasteiger partial charge in [-0.2, -0.15) is 0 Å². The summed E-state index contributed by atoms with van der Waals surface area (Å²) in [5.41, 5.74) is 2.67. The summed E-state index contributed by atoms with van der Waals surface area (Å²) in [5.74, 6) is -1.11. The second-order valence-electron chi connectivity index (χ2n) is 5.83. The number of anilines is 1. The van der Waals surface area contributed by atoms with Gasteiger partial charge in [-0.3, -0.25) is 14.4 Å². The summed E-state index contributed by atoms with van der Waals surface area (Å²) < 4.78 is 5.21. The molecular formula is C20H21NO4. The summed E-state index contributed by atoms with van der Waals surface area (Å²) in [6.45, 7) is 4.84. The quantitative estimate of drug-likeness (QED) is 0.647. The van der Waals surface area contributed by atoms with E-state index in [1.54, 1.807) is 24.3 Å². The van der Waals surface area contributed by atoms with Crippen molar-refractivity contribution in [1.29, 1.82) is 0 Å². The summed E-state index contributed by atoms with van der Waals surface area (Å²) in [6, 6.07) is 14.2. The van der Waals surface area contributed by atoms with Crippen molar-refractivity contribution in [3.8, 4) is 0 Å². The van der Waals surface area contributed by atoms with E-state index in [0.717, 1.165) is 11.1 Å². The number of aryl methyl sites for hydroxylation is 1. The van der Waals surface area contributed by atoms with E-state index >= 15 is 0 Å². The van der Waals surface area contributed by atoms with Gasteiger partial charge < -0.3 is 10.1 Å². The van der Waals surface area contributed by atoms with Crippen molar-refractivity contribution in [3.63, 3.8) is 0 Å². The van der Waals surface area contributed by atoms with Gasteiger partial charge in [0.05, 0.1) is 12.1 Å². The zero-order chi connectivity index (χ0) is 18.4. The van der Waals surface area contributed by atoms with Gasteiger partial charge in [0.25, 0.3) is 5.91 Å².